The molecule has 2 rings (SSSR count). The lowest BCUT2D eigenvalue weighted by Gasteiger charge is -2.01. The molecule has 0 aromatic carbocycles. The first-order valence-corrected chi connectivity index (χ1v) is 6.48. The number of hydrogen-bond donors (Lipinski definition) is 1. The molecule has 0 aliphatic carbocycles. The molecule has 0 aliphatic rings. The van der Waals surface area contributed by atoms with Crippen LogP contribution in [0.4, 0.5) is 0 Å². The molecule has 2 aromatic rings. The van der Waals surface area contributed by atoms with Gasteiger partial charge in [0.1, 0.15) is 5.01 Å². The van der Waals surface area contributed by atoms with Gasteiger partial charge in [-0.25, -0.2) is 4.98 Å². The van der Waals surface area contributed by atoms with Gasteiger partial charge >= 0.3 is 0 Å². The van der Waals surface area contributed by atoms with Crippen LogP contribution >= 0.6 is 11.3 Å². The van der Waals surface area contributed by atoms with Crippen LogP contribution in [0.15, 0.2) is 9.90 Å². The van der Waals surface area contributed by atoms with Crippen LogP contribution in [0.3, 0.4) is 0 Å². The molecule has 0 bridgehead atoms. The second kappa shape index (κ2) is 5.37. The van der Waals surface area contributed by atoms with Crippen molar-refractivity contribution in [2.75, 3.05) is 6.54 Å². The van der Waals surface area contributed by atoms with Gasteiger partial charge in [0.15, 0.2) is 5.82 Å². The minimum atomic E-state index is 0.366. The molecule has 5 nitrogen and oxygen atoms in total. The molecule has 0 fully saturated rings. The molecular weight excluding hydrogens is 236 g/mol. The van der Waals surface area contributed by atoms with Crippen molar-refractivity contribution in [2.45, 2.75) is 26.7 Å². The van der Waals surface area contributed by atoms with Gasteiger partial charge in [-0.2, -0.15) is 4.98 Å². The van der Waals surface area contributed by atoms with Gasteiger partial charge < -0.3 is 10.3 Å². The number of nitrogens with two attached hydrogens (primary N) is 1. The standard InChI is InChI=1S/C11H16N4OS/c1-7(5-12)3-10-14-9(15-16-10)4-11-13-8(2)6-17-11/h6-7H,3-5,12H2,1-2H3. The SMILES string of the molecule is Cc1csc(Cc2noc(CC(C)CN)n2)n1. The summed E-state index contributed by atoms with van der Waals surface area (Å²) < 4.78 is 5.18. The van der Waals surface area contributed by atoms with Crippen LogP contribution in [-0.4, -0.2) is 21.7 Å². The second-order valence-electron chi connectivity index (χ2n) is 4.21. The van der Waals surface area contributed by atoms with Gasteiger partial charge in [0, 0.05) is 17.5 Å². The van der Waals surface area contributed by atoms with E-state index in [4.69, 9.17) is 10.3 Å². The Kier molecular flexibility index (Phi) is 3.86. The molecule has 0 saturated carbocycles. The number of nitrogens with zero attached hydrogens (tertiary/aromatic N) is 3. The van der Waals surface area contributed by atoms with E-state index >= 15 is 0 Å². The van der Waals surface area contributed by atoms with E-state index in [-0.39, 0.29) is 0 Å². The highest BCUT2D eigenvalue weighted by Crippen LogP contribution is 2.13. The first-order valence-electron chi connectivity index (χ1n) is 5.60. The Hall–Kier alpha value is -1.27. The predicted molar refractivity (Wildman–Crippen MR) is 65.9 cm³/mol. The van der Waals surface area contributed by atoms with E-state index in [9.17, 15) is 0 Å². The summed E-state index contributed by atoms with van der Waals surface area (Å²) in [6.45, 7) is 4.67. The lowest BCUT2D eigenvalue weighted by Crippen LogP contribution is -2.13. The van der Waals surface area contributed by atoms with Crippen LogP contribution in [-0.2, 0) is 12.8 Å². The van der Waals surface area contributed by atoms with E-state index in [0.717, 1.165) is 17.1 Å². The van der Waals surface area contributed by atoms with Gasteiger partial charge in [-0.15, -0.1) is 11.3 Å². The maximum absolute atomic E-state index is 5.55. The zero-order valence-corrected chi connectivity index (χ0v) is 10.8. The van der Waals surface area contributed by atoms with Crippen LogP contribution in [0.5, 0.6) is 0 Å². The van der Waals surface area contributed by atoms with E-state index in [0.29, 0.717) is 30.6 Å². The van der Waals surface area contributed by atoms with E-state index in [1.54, 1.807) is 11.3 Å². The maximum Gasteiger partial charge on any atom is 0.226 e. The summed E-state index contributed by atoms with van der Waals surface area (Å²) in [4.78, 5) is 8.71. The Bertz CT molecular complexity index is 479. The highest BCUT2D eigenvalue weighted by atomic mass is 32.1. The van der Waals surface area contributed by atoms with Crippen molar-refractivity contribution < 1.29 is 4.52 Å². The van der Waals surface area contributed by atoms with Gasteiger partial charge in [0.2, 0.25) is 5.89 Å². The quantitative estimate of drug-likeness (QED) is 0.873. The second-order valence-corrected chi connectivity index (χ2v) is 5.15. The number of aryl methyl sites for hydroxylation is 1. The third-order valence-electron chi connectivity index (χ3n) is 2.41. The smallest absolute Gasteiger partial charge is 0.226 e. The van der Waals surface area contributed by atoms with Gasteiger partial charge in [-0.1, -0.05) is 12.1 Å². The lowest BCUT2D eigenvalue weighted by molar-refractivity contribution is 0.356. The molecule has 2 heterocycles. The van der Waals surface area contributed by atoms with Crippen molar-refractivity contribution in [2.24, 2.45) is 11.7 Å². The zero-order chi connectivity index (χ0) is 12.3. The Balaban J connectivity index is 1.98. The Morgan fingerprint density at radius 2 is 2.29 bits per heavy atom. The summed E-state index contributed by atoms with van der Waals surface area (Å²) >= 11 is 1.62. The topological polar surface area (TPSA) is 77.8 Å². The van der Waals surface area contributed by atoms with E-state index in [1.165, 1.54) is 0 Å². The van der Waals surface area contributed by atoms with Gasteiger partial charge in [-0.3, -0.25) is 0 Å². The first-order chi connectivity index (χ1) is 8.17. The van der Waals surface area contributed by atoms with Crippen LogP contribution in [0.25, 0.3) is 0 Å². The largest absolute Gasteiger partial charge is 0.339 e. The number of hydrogen-bond acceptors (Lipinski definition) is 6. The van der Waals surface area contributed by atoms with Crippen molar-refractivity contribution in [3.63, 3.8) is 0 Å². The summed E-state index contributed by atoms with van der Waals surface area (Å²) in [6.07, 6.45) is 1.37. The highest BCUT2D eigenvalue weighted by molar-refractivity contribution is 7.09. The molecule has 1 unspecified atom stereocenters. The van der Waals surface area contributed by atoms with Crippen molar-refractivity contribution in [1.82, 2.24) is 15.1 Å². The fourth-order valence-corrected chi connectivity index (χ4v) is 2.21. The fraction of sp³-hybridized carbons (Fsp3) is 0.545. The van der Waals surface area contributed by atoms with Crippen molar-refractivity contribution >= 4 is 11.3 Å². The van der Waals surface area contributed by atoms with Gasteiger partial charge in [-0.05, 0) is 19.4 Å². The monoisotopic (exact) mass is 252 g/mol. The molecule has 2 aromatic heterocycles. The van der Waals surface area contributed by atoms with Gasteiger partial charge in [0.05, 0.1) is 6.42 Å². The van der Waals surface area contributed by atoms with E-state index in [2.05, 4.69) is 22.0 Å². The molecule has 0 aliphatic heterocycles. The third kappa shape index (κ3) is 3.34. The number of aromatic nitrogens is 3. The average molecular weight is 252 g/mol. The Morgan fingerprint density at radius 3 is 2.94 bits per heavy atom. The molecule has 92 valence electrons. The van der Waals surface area contributed by atoms with Crippen LogP contribution in [0.1, 0.15) is 29.3 Å². The number of rotatable bonds is 5. The van der Waals surface area contributed by atoms with Gasteiger partial charge in [0.25, 0.3) is 0 Å². The molecule has 6 heteroatoms. The molecule has 2 N–H and O–H groups in total. The number of thiazole rings is 1. The van der Waals surface area contributed by atoms with E-state index in [1.807, 2.05) is 12.3 Å². The normalized spacial score (nSPS) is 12.9. The van der Waals surface area contributed by atoms with Crippen molar-refractivity contribution in [3.8, 4) is 0 Å². The summed E-state index contributed by atoms with van der Waals surface area (Å²) in [7, 11) is 0. The summed E-state index contributed by atoms with van der Waals surface area (Å²) in [5.41, 5.74) is 6.59. The molecule has 0 saturated heterocycles. The molecule has 1 atom stereocenters. The zero-order valence-electron chi connectivity index (χ0n) is 10.0. The molecule has 0 radical (unpaired) electrons. The van der Waals surface area contributed by atoms with Crippen LogP contribution in [0.2, 0.25) is 0 Å². The summed E-state index contributed by atoms with van der Waals surface area (Å²) in [6, 6.07) is 0. The highest BCUT2D eigenvalue weighted by Gasteiger charge is 2.11. The van der Waals surface area contributed by atoms with E-state index < -0.39 is 0 Å². The minimum Gasteiger partial charge on any atom is -0.339 e. The molecule has 0 spiro atoms. The third-order valence-corrected chi connectivity index (χ3v) is 3.38. The lowest BCUT2D eigenvalue weighted by atomic mass is 10.1. The Labute approximate surface area is 104 Å². The minimum absolute atomic E-state index is 0.366. The average Bonchev–Trinajstić information content (AvgIpc) is 2.89. The van der Waals surface area contributed by atoms with Crippen molar-refractivity contribution in [3.05, 3.63) is 27.8 Å². The van der Waals surface area contributed by atoms with Crippen LogP contribution in [0, 0.1) is 12.8 Å². The van der Waals surface area contributed by atoms with Crippen molar-refractivity contribution in [1.29, 1.82) is 0 Å². The molecule has 17 heavy (non-hydrogen) atoms. The first kappa shape index (κ1) is 12.2. The van der Waals surface area contributed by atoms with Crippen LogP contribution < -0.4 is 5.73 Å². The fourth-order valence-electron chi connectivity index (χ4n) is 1.45. The maximum atomic E-state index is 5.55. The summed E-state index contributed by atoms with van der Waals surface area (Å²) in [5.74, 6) is 1.72. The molecule has 0 amide bonds. The predicted octanol–water partition coefficient (Wildman–Crippen LogP) is 1.56. The Morgan fingerprint density at radius 1 is 1.47 bits per heavy atom. The summed E-state index contributed by atoms with van der Waals surface area (Å²) in [5, 5.41) is 6.98. The molecular formula is C11H16N4OS.